The molecule has 0 fully saturated rings. The number of esters is 3. The summed E-state index contributed by atoms with van der Waals surface area (Å²) in [7, 11) is 0. The van der Waals surface area contributed by atoms with E-state index < -0.39 is 30.4 Å². The molecule has 0 saturated carbocycles. The Morgan fingerprint density at radius 1 is 0.667 bits per heavy atom. The van der Waals surface area contributed by atoms with Crippen LogP contribution in [0.5, 0.6) is 0 Å². The van der Waals surface area contributed by atoms with Crippen LogP contribution in [-0.2, 0) is 48.1 Å². The van der Waals surface area contributed by atoms with Gasteiger partial charge in [-0.15, -0.1) is 0 Å². The maximum Gasteiger partial charge on any atom is 0.333 e. The predicted molar refractivity (Wildman–Crippen MR) is 124 cm³/mol. The third-order valence-electron chi connectivity index (χ3n) is 4.19. The average molecular weight is 521 g/mol. The van der Waals surface area contributed by atoms with Crippen LogP contribution in [-0.4, -0.2) is 123 Å². The zero-order valence-corrected chi connectivity index (χ0v) is 20.8. The summed E-state index contributed by atoms with van der Waals surface area (Å²) in [6.07, 6.45) is 0. The first-order valence-electron chi connectivity index (χ1n) is 11.0. The molecular weight excluding hydrogens is 484 g/mol. The molecule has 0 amide bonds. The van der Waals surface area contributed by atoms with Crippen LogP contribution >= 0.6 is 0 Å². The number of hydrogen-bond acceptors (Lipinski definition) is 13. The Hall–Kier alpha value is -2.88. The van der Waals surface area contributed by atoms with Crippen LogP contribution in [0.25, 0.3) is 0 Å². The number of aliphatic carboxylic acids is 1. The van der Waals surface area contributed by atoms with Gasteiger partial charge in [0.25, 0.3) is 0 Å². The first kappa shape index (κ1) is 33.1. The van der Waals surface area contributed by atoms with E-state index in [4.69, 9.17) is 34.3 Å². The average Bonchev–Trinajstić information content (AvgIpc) is 2.81. The van der Waals surface area contributed by atoms with Crippen molar-refractivity contribution in [3.8, 4) is 0 Å². The highest BCUT2D eigenvalue weighted by molar-refractivity contribution is 5.87. The molecule has 0 spiro atoms. The number of nitrogens with zero attached hydrogens (tertiary/aromatic N) is 2. The Bertz CT molecular complexity index is 728. The zero-order chi connectivity index (χ0) is 27.3. The molecule has 2 N–H and O–H groups in total. The predicted octanol–water partition coefficient (Wildman–Crippen LogP) is -0.105. The molecule has 14 heteroatoms. The molecule has 0 aliphatic carbocycles. The van der Waals surface area contributed by atoms with E-state index in [0.717, 1.165) is 0 Å². The second-order valence-corrected chi connectivity index (χ2v) is 7.48. The lowest BCUT2D eigenvalue weighted by molar-refractivity contribution is -0.299. The van der Waals surface area contributed by atoms with Crippen LogP contribution in [0.2, 0.25) is 0 Å². The Kier molecular flexibility index (Phi) is 18.7. The summed E-state index contributed by atoms with van der Waals surface area (Å²) in [5.41, 5.74) is 0.484. The van der Waals surface area contributed by atoms with Gasteiger partial charge in [0.2, 0.25) is 0 Å². The maximum absolute atomic E-state index is 12.1. The van der Waals surface area contributed by atoms with Gasteiger partial charge in [0, 0.05) is 37.3 Å². The van der Waals surface area contributed by atoms with Gasteiger partial charge < -0.3 is 19.3 Å². The van der Waals surface area contributed by atoms with E-state index in [1.807, 2.05) is 0 Å². The number of rotatable bonds is 22. The Morgan fingerprint density at radius 3 is 1.72 bits per heavy atom. The van der Waals surface area contributed by atoms with E-state index in [1.165, 1.54) is 18.7 Å². The molecule has 0 aliphatic rings. The van der Waals surface area contributed by atoms with E-state index in [2.05, 4.69) is 18.0 Å². The molecule has 206 valence electrons. The van der Waals surface area contributed by atoms with Gasteiger partial charge in [0.05, 0.1) is 26.3 Å². The molecule has 0 bridgehead atoms. The highest BCUT2D eigenvalue weighted by atomic mass is 17.2. The molecule has 0 heterocycles. The van der Waals surface area contributed by atoms with Gasteiger partial charge in [0.1, 0.15) is 26.4 Å². The summed E-state index contributed by atoms with van der Waals surface area (Å²) in [6, 6.07) is 0. The first-order chi connectivity index (χ1) is 17.1. The molecular formula is C22H36N2O12. The summed E-state index contributed by atoms with van der Waals surface area (Å²) in [4.78, 5) is 63.0. The Labute approximate surface area is 209 Å². The minimum absolute atomic E-state index is 0.00959. The standard InChI is InChI=1S/C22H36N2O12/c1-17(2)21(28)32-12-11-31-20(27)16-24(15-19(25)26)6-5-23(7-9-34-30)8-10-35-36-14-13-33-22(29)18(3)4/h30H,1,3,5-16H2,2,4H3,(H,25,26). The number of carboxylic acids is 1. The fourth-order valence-corrected chi connectivity index (χ4v) is 2.41. The van der Waals surface area contributed by atoms with Crippen molar-refractivity contribution in [2.75, 3.05) is 78.9 Å². The van der Waals surface area contributed by atoms with Gasteiger partial charge in [0.15, 0.2) is 0 Å². The van der Waals surface area contributed by atoms with Crippen molar-refractivity contribution < 1.29 is 58.4 Å². The Balaban J connectivity index is 4.45. The van der Waals surface area contributed by atoms with Crippen LogP contribution in [0, 0.1) is 0 Å². The fourth-order valence-electron chi connectivity index (χ4n) is 2.41. The molecule has 0 aliphatic heterocycles. The highest BCUT2D eigenvalue weighted by Gasteiger charge is 2.17. The molecule has 14 nitrogen and oxygen atoms in total. The number of carbonyl (C=O) groups excluding carboxylic acids is 3. The van der Waals surface area contributed by atoms with Crippen molar-refractivity contribution >= 4 is 23.9 Å². The summed E-state index contributed by atoms with van der Waals surface area (Å²) >= 11 is 0. The van der Waals surface area contributed by atoms with Crippen molar-refractivity contribution in [3.63, 3.8) is 0 Å². The summed E-state index contributed by atoms with van der Waals surface area (Å²) in [6.45, 7) is 10.1. The van der Waals surface area contributed by atoms with E-state index in [0.29, 0.717) is 13.1 Å². The molecule has 0 aromatic heterocycles. The smallest absolute Gasteiger partial charge is 0.333 e. The summed E-state index contributed by atoms with van der Waals surface area (Å²) in [5.74, 6) is -2.95. The Morgan fingerprint density at radius 2 is 1.17 bits per heavy atom. The molecule has 0 saturated heterocycles. The quantitative estimate of drug-likeness (QED) is 0.0484. The van der Waals surface area contributed by atoms with Crippen LogP contribution in [0.1, 0.15) is 13.8 Å². The molecule has 36 heavy (non-hydrogen) atoms. The third kappa shape index (κ3) is 18.4. The highest BCUT2D eigenvalue weighted by Crippen LogP contribution is 1.98. The fraction of sp³-hybridized carbons (Fsp3) is 0.636. The lowest BCUT2D eigenvalue weighted by Gasteiger charge is -2.25. The SMILES string of the molecule is C=C(C)C(=O)OCCOOCCN(CCOO)CCN(CC(=O)O)CC(=O)OCCOC(=O)C(=C)C. The van der Waals surface area contributed by atoms with Crippen LogP contribution in [0.3, 0.4) is 0 Å². The van der Waals surface area contributed by atoms with Crippen molar-refractivity contribution in [2.24, 2.45) is 0 Å². The summed E-state index contributed by atoms with van der Waals surface area (Å²) < 4.78 is 14.6. The van der Waals surface area contributed by atoms with E-state index >= 15 is 0 Å². The van der Waals surface area contributed by atoms with E-state index in [9.17, 15) is 19.2 Å². The van der Waals surface area contributed by atoms with Gasteiger partial charge in [-0.05, 0) is 13.8 Å². The molecule has 0 rings (SSSR count). The third-order valence-corrected chi connectivity index (χ3v) is 4.19. The van der Waals surface area contributed by atoms with Gasteiger partial charge in [-0.2, -0.15) is 0 Å². The number of carboxylic acid groups (broad SMARTS) is 1. The van der Waals surface area contributed by atoms with Gasteiger partial charge >= 0.3 is 23.9 Å². The van der Waals surface area contributed by atoms with E-state index in [-0.39, 0.29) is 70.4 Å². The van der Waals surface area contributed by atoms with Crippen LogP contribution < -0.4 is 0 Å². The van der Waals surface area contributed by atoms with Crippen molar-refractivity contribution in [1.29, 1.82) is 0 Å². The molecule has 0 unspecified atom stereocenters. The second-order valence-electron chi connectivity index (χ2n) is 7.48. The zero-order valence-electron chi connectivity index (χ0n) is 20.8. The lowest BCUT2D eigenvalue weighted by atomic mass is 10.4. The lowest BCUT2D eigenvalue weighted by Crippen LogP contribution is -2.42. The van der Waals surface area contributed by atoms with E-state index in [1.54, 1.807) is 4.90 Å². The van der Waals surface area contributed by atoms with Crippen molar-refractivity contribution in [1.82, 2.24) is 9.80 Å². The molecule has 0 aromatic rings. The van der Waals surface area contributed by atoms with Crippen LogP contribution in [0.4, 0.5) is 0 Å². The normalized spacial score (nSPS) is 10.8. The second kappa shape index (κ2) is 20.3. The number of ether oxygens (including phenoxy) is 3. The minimum Gasteiger partial charge on any atom is -0.480 e. The number of hydrogen-bond donors (Lipinski definition) is 2. The molecule has 0 aromatic carbocycles. The van der Waals surface area contributed by atoms with Crippen LogP contribution in [0.15, 0.2) is 24.3 Å². The minimum atomic E-state index is -1.13. The topological polar surface area (TPSA) is 171 Å². The van der Waals surface area contributed by atoms with Crippen molar-refractivity contribution in [3.05, 3.63) is 24.3 Å². The molecule has 0 atom stereocenters. The van der Waals surface area contributed by atoms with Gasteiger partial charge in [-0.1, -0.05) is 13.2 Å². The van der Waals surface area contributed by atoms with Gasteiger partial charge in [-0.3, -0.25) is 24.6 Å². The molecule has 0 radical (unpaired) electrons. The largest absolute Gasteiger partial charge is 0.480 e. The number of carbonyl (C=O) groups is 4. The first-order valence-corrected chi connectivity index (χ1v) is 11.0. The summed E-state index contributed by atoms with van der Waals surface area (Å²) in [5, 5.41) is 17.8. The van der Waals surface area contributed by atoms with Gasteiger partial charge in [-0.25, -0.2) is 24.3 Å². The maximum atomic E-state index is 12.1. The monoisotopic (exact) mass is 520 g/mol. The van der Waals surface area contributed by atoms with Crippen molar-refractivity contribution in [2.45, 2.75) is 13.8 Å².